The van der Waals surface area contributed by atoms with E-state index in [1.165, 1.54) is 0 Å². The normalized spacial score (nSPS) is 10.2. The van der Waals surface area contributed by atoms with E-state index in [-0.39, 0.29) is 5.91 Å². The molecule has 0 spiro atoms. The van der Waals surface area contributed by atoms with Gasteiger partial charge in [-0.25, -0.2) is 0 Å². The molecule has 6 heteroatoms. The van der Waals surface area contributed by atoms with Gasteiger partial charge in [-0.05, 0) is 52.3 Å². The minimum atomic E-state index is -0.240. The topological polar surface area (TPSA) is 41.6 Å². The first-order chi connectivity index (χ1) is 10.4. The van der Waals surface area contributed by atoms with Crippen molar-refractivity contribution < 1.29 is 9.53 Å². The van der Waals surface area contributed by atoms with Crippen molar-refractivity contribution in [3.8, 4) is 5.75 Å². The van der Waals surface area contributed by atoms with Crippen LogP contribution in [0.3, 0.4) is 0 Å². The van der Waals surface area contributed by atoms with Crippen LogP contribution < -0.4 is 15.0 Å². The quantitative estimate of drug-likeness (QED) is 0.849. The number of amides is 1. The maximum Gasteiger partial charge on any atom is 0.257 e. The lowest BCUT2D eigenvalue weighted by molar-refractivity contribution is 0.102. The molecule has 22 heavy (non-hydrogen) atoms. The first kappa shape index (κ1) is 16.6. The van der Waals surface area contributed by atoms with E-state index in [0.717, 1.165) is 5.69 Å². The van der Waals surface area contributed by atoms with E-state index in [1.807, 2.05) is 25.1 Å². The van der Waals surface area contributed by atoms with Crippen LogP contribution in [0.15, 0.2) is 40.9 Å². The lowest BCUT2D eigenvalue weighted by Crippen LogP contribution is -2.17. The summed E-state index contributed by atoms with van der Waals surface area (Å²) < 4.78 is 5.85. The van der Waals surface area contributed by atoms with Crippen LogP contribution in [0.2, 0.25) is 5.02 Å². The smallest absolute Gasteiger partial charge is 0.257 e. The summed E-state index contributed by atoms with van der Waals surface area (Å²) >= 11 is 9.41. The Bertz CT molecular complexity index is 705. The van der Waals surface area contributed by atoms with E-state index in [4.69, 9.17) is 16.3 Å². The largest absolute Gasteiger partial charge is 0.497 e. The molecular formula is C16H16BrClN2O2. The molecule has 0 radical (unpaired) electrons. The van der Waals surface area contributed by atoms with Gasteiger partial charge in [0.2, 0.25) is 0 Å². The Hall–Kier alpha value is -1.72. The standard InChI is InChI=1S/C16H16BrClN2O2/c1-20(2)15-7-4-10(18)8-14(15)19-16(21)12-9-11(22-3)5-6-13(12)17/h4-9H,1-3H3,(H,19,21). The molecule has 0 aliphatic rings. The molecule has 0 fully saturated rings. The number of anilines is 2. The van der Waals surface area contributed by atoms with Gasteiger partial charge in [0.05, 0.1) is 24.0 Å². The number of nitrogens with one attached hydrogen (secondary N) is 1. The summed E-state index contributed by atoms with van der Waals surface area (Å²) in [5.74, 6) is 0.378. The Labute approximate surface area is 143 Å². The second-order valence-electron chi connectivity index (χ2n) is 4.86. The Kier molecular flexibility index (Phi) is 5.32. The SMILES string of the molecule is COc1ccc(Br)c(C(=O)Nc2cc(Cl)ccc2N(C)C)c1. The molecule has 1 N–H and O–H groups in total. The fraction of sp³-hybridized carbons (Fsp3) is 0.188. The third-order valence-corrected chi connectivity index (χ3v) is 4.03. The average Bonchev–Trinajstić information content (AvgIpc) is 2.47. The number of halogens is 2. The number of hydrogen-bond acceptors (Lipinski definition) is 3. The van der Waals surface area contributed by atoms with Crippen LogP contribution in [-0.2, 0) is 0 Å². The predicted octanol–water partition coefficient (Wildman–Crippen LogP) is 4.43. The maximum absolute atomic E-state index is 12.5. The first-order valence-corrected chi connectivity index (χ1v) is 7.71. The summed E-state index contributed by atoms with van der Waals surface area (Å²) in [4.78, 5) is 14.4. The molecule has 0 unspecified atom stereocenters. The van der Waals surface area contributed by atoms with Gasteiger partial charge < -0.3 is 15.0 Å². The van der Waals surface area contributed by atoms with Crippen molar-refractivity contribution in [1.29, 1.82) is 0 Å². The average molecular weight is 384 g/mol. The molecule has 0 bridgehead atoms. The van der Waals surface area contributed by atoms with E-state index >= 15 is 0 Å². The second-order valence-corrected chi connectivity index (χ2v) is 6.15. The summed E-state index contributed by atoms with van der Waals surface area (Å²) in [6.07, 6.45) is 0. The predicted molar refractivity (Wildman–Crippen MR) is 94.4 cm³/mol. The third kappa shape index (κ3) is 3.72. The number of rotatable bonds is 4. The Morgan fingerprint density at radius 3 is 2.59 bits per heavy atom. The van der Waals surface area contributed by atoms with Crippen molar-refractivity contribution in [2.45, 2.75) is 0 Å². The highest BCUT2D eigenvalue weighted by Crippen LogP contribution is 2.29. The number of carbonyl (C=O) groups excluding carboxylic acids is 1. The number of hydrogen-bond donors (Lipinski definition) is 1. The maximum atomic E-state index is 12.5. The van der Waals surface area contributed by atoms with Crippen LogP contribution in [0.4, 0.5) is 11.4 Å². The fourth-order valence-electron chi connectivity index (χ4n) is 1.99. The molecule has 2 aromatic rings. The molecular weight excluding hydrogens is 368 g/mol. The highest BCUT2D eigenvalue weighted by Gasteiger charge is 2.14. The van der Waals surface area contributed by atoms with Crippen molar-refractivity contribution in [2.75, 3.05) is 31.4 Å². The van der Waals surface area contributed by atoms with Gasteiger partial charge in [0.1, 0.15) is 5.75 Å². The van der Waals surface area contributed by atoms with E-state index in [1.54, 1.807) is 37.4 Å². The number of nitrogens with zero attached hydrogens (tertiary/aromatic N) is 1. The zero-order chi connectivity index (χ0) is 16.3. The molecule has 0 saturated heterocycles. The van der Waals surface area contributed by atoms with Gasteiger partial charge in [-0.15, -0.1) is 0 Å². The van der Waals surface area contributed by atoms with Crippen LogP contribution in [0.25, 0.3) is 0 Å². The summed E-state index contributed by atoms with van der Waals surface area (Å²) in [6, 6.07) is 10.6. The lowest BCUT2D eigenvalue weighted by atomic mass is 10.2. The Morgan fingerprint density at radius 1 is 1.23 bits per heavy atom. The molecule has 0 heterocycles. The summed E-state index contributed by atoms with van der Waals surface area (Å²) in [6.45, 7) is 0. The zero-order valence-electron chi connectivity index (χ0n) is 12.5. The molecule has 116 valence electrons. The summed E-state index contributed by atoms with van der Waals surface area (Å²) in [7, 11) is 5.37. The van der Waals surface area contributed by atoms with Crippen molar-refractivity contribution >= 4 is 44.8 Å². The minimum Gasteiger partial charge on any atom is -0.497 e. The van der Waals surface area contributed by atoms with Crippen LogP contribution in [0.1, 0.15) is 10.4 Å². The number of ether oxygens (including phenoxy) is 1. The highest BCUT2D eigenvalue weighted by molar-refractivity contribution is 9.10. The van der Waals surface area contributed by atoms with Gasteiger partial charge in [-0.2, -0.15) is 0 Å². The molecule has 0 aliphatic carbocycles. The van der Waals surface area contributed by atoms with Crippen LogP contribution in [0.5, 0.6) is 5.75 Å². The zero-order valence-corrected chi connectivity index (χ0v) is 14.8. The number of benzene rings is 2. The van der Waals surface area contributed by atoms with E-state index in [2.05, 4.69) is 21.2 Å². The number of methoxy groups -OCH3 is 1. The van der Waals surface area contributed by atoms with Crippen molar-refractivity contribution in [2.24, 2.45) is 0 Å². The summed E-state index contributed by atoms with van der Waals surface area (Å²) in [5, 5.41) is 3.45. The van der Waals surface area contributed by atoms with Crippen molar-refractivity contribution in [1.82, 2.24) is 0 Å². The van der Waals surface area contributed by atoms with Gasteiger partial charge in [0.25, 0.3) is 5.91 Å². The van der Waals surface area contributed by atoms with Crippen LogP contribution in [0, 0.1) is 0 Å². The van der Waals surface area contributed by atoms with Crippen molar-refractivity contribution in [3.05, 3.63) is 51.5 Å². The van der Waals surface area contributed by atoms with Gasteiger partial charge in [0.15, 0.2) is 0 Å². The lowest BCUT2D eigenvalue weighted by Gasteiger charge is -2.18. The van der Waals surface area contributed by atoms with E-state index < -0.39 is 0 Å². The third-order valence-electron chi connectivity index (χ3n) is 3.11. The molecule has 2 rings (SSSR count). The molecule has 4 nitrogen and oxygen atoms in total. The second kappa shape index (κ2) is 7.03. The highest BCUT2D eigenvalue weighted by atomic mass is 79.9. The van der Waals surface area contributed by atoms with Crippen molar-refractivity contribution in [3.63, 3.8) is 0 Å². The molecule has 0 saturated carbocycles. The Balaban J connectivity index is 2.35. The molecule has 0 aliphatic heterocycles. The minimum absolute atomic E-state index is 0.240. The van der Waals surface area contributed by atoms with E-state index in [0.29, 0.717) is 26.5 Å². The van der Waals surface area contributed by atoms with Crippen LogP contribution >= 0.6 is 27.5 Å². The molecule has 0 aromatic heterocycles. The van der Waals surface area contributed by atoms with Crippen LogP contribution in [-0.4, -0.2) is 27.1 Å². The first-order valence-electron chi connectivity index (χ1n) is 6.54. The number of carbonyl (C=O) groups is 1. The van der Waals surface area contributed by atoms with Gasteiger partial charge in [-0.1, -0.05) is 11.6 Å². The van der Waals surface area contributed by atoms with Gasteiger partial charge in [-0.3, -0.25) is 4.79 Å². The molecule has 0 atom stereocenters. The van der Waals surface area contributed by atoms with E-state index in [9.17, 15) is 4.79 Å². The fourth-order valence-corrected chi connectivity index (χ4v) is 2.59. The Morgan fingerprint density at radius 2 is 1.95 bits per heavy atom. The summed E-state index contributed by atoms with van der Waals surface area (Å²) in [5.41, 5.74) is 2.01. The van der Waals surface area contributed by atoms with Gasteiger partial charge in [0, 0.05) is 23.6 Å². The van der Waals surface area contributed by atoms with Gasteiger partial charge >= 0.3 is 0 Å². The molecule has 1 amide bonds. The monoisotopic (exact) mass is 382 g/mol. The molecule has 2 aromatic carbocycles.